The van der Waals surface area contributed by atoms with Gasteiger partial charge in [0.2, 0.25) is 0 Å². The summed E-state index contributed by atoms with van der Waals surface area (Å²) in [5, 5.41) is 14.8. The van der Waals surface area contributed by atoms with Gasteiger partial charge in [-0.2, -0.15) is 0 Å². The number of carbonyl (C=O) groups is 1. The fraction of sp³-hybridized carbons (Fsp3) is 0.250. The molecule has 1 atom stereocenters. The molecular formula is C40H42N6O6S2. The van der Waals surface area contributed by atoms with Gasteiger partial charge in [-0.05, 0) is 79.6 Å². The molecule has 1 aliphatic heterocycles. The lowest BCUT2D eigenvalue weighted by atomic mass is 10.0. The van der Waals surface area contributed by atoms with Gasteiger partial charge in [-0.15, -0.1) is 11.8 Å². The number of rotatable bonds is 15. The minimum absolute atomic E-state index is 0.155. The average Bonchev–Trinajstić information content (AvgIpc) is 3.20. The van der Waals surface area contributed by atoms with Gasteiger partial charge in [0.15, 0.2) is 0 Å². The third kappa shape index (κ3) is 9.56. The zero-order chi connectivity index (χ0) is 38.1. The number of nitrogens with one attached hydrogen (secondary N) is 2. The van der Waals surface area contributed by atoms with Gasteiger partial charge in [-0.25, -0.2) is 13.1 Å². The predicted octanol–water partition coefficient (Wildman–Crippen LogP) is 7.26. The van der Waals surface area contributed by atoms with Crippen molar-refractivity contribution >= 4 is 44.8 Å². The Kier molecular flexibility index (Phi) is 12.5. The molecule has 2 heterocycles. The van der Waals surface area contributed by atoms with Crippen LogP contribution in [0, 0.1) is 10.1 Å². The summed E-state index contributed by atoms with van der Waals surface area (Å²) in [5.41, 5.74) is 4.18. The maximum Gasteiger partial charge on any atom is 0.293 e. The number of amides is 1. The molecule has 0 bridgehead atoms. The second-order valence-corrected chi connectivity index (χ2v) is 15.5. The third-order valence-corrected chi connectivity index (χ3v) is 11.6. The number of benzene rings is 4. The van der Waals surface area contributed by atoms with Gasteiger partial charge < -0.3 is 15.0 Å². The van der Waals surface area contributed by atoms with Crippen LogP contribution in [0.5, 0.6) is 5.75 Å². The second-order valence-electron chi connectivity index (χ2n) is 12.7. The van der Waals surface area contributed by atoms with Gasteiger partial charge in [0.05, 0.1) is 22.6 Å². The number of sulfonamides is 1. The molecule has 1 aromatic heterocycles. The number of pyridine rings is 1. The fourth-order valence-corrected chi connectivity index (χ4v) is 8.05. The Hall–Kier alpha value is -5.44. The van der Waals surface area contributed by atoms with E-state index in [1.807, 2.05) is 49.5 Å². The number of nitrogens with zero attached hydrogens (tertiary/aromatic N) is 4. The Bertz CT molecular complexity index is 2160. The number of aromatic nitrogens is 1. The lowest BCUT2D eigenvalue weighted by Gasteiger charge is -2.39. The summed E-state index contributed by atoms with van der Waals surface area (Å²) in [6.45, 7) is 8.43. The summed E-state index contributed by atoms with van der Waals surface area (Å²) in [5.74, 6) is 0.570. The normalized spacial score (nSPS) is 13.9. The number of thioether (sulfide) groups is 1. The van der Waals surface area contributed by atoms with E-state index in [0.29, 0.717) is 18.9 Å². The van der Waals surface area contributed by atoms with Crippen molar-refractivity contribution < 1.29 is 22.9 Å². The standard InChI is InChI=1S/C40H42N6O6S2/c1-3-52-35-25-33(27-41-28-35)31-11-9-30(10-12-31)29(2)44-20-22-45(23-21-44)34-15-13-32(14-16-34)40(47)43-54(50,51)37-17-18-38(39(26-37)46(48)49)42-19-24-53-36-7-5-4-6-8-36/h4-18,25-29,42H,3,19-24H2,1-2H3,(H,43,47). The van der Waals surface area contributed by atoms with Crippen molar-refractivity contribution in [2.75, 3.05) is 55.3 Å². The van der Waals surface area contributed by atoms with Crippen molar-refractivity contribution in [3.8, 4) is 16.9 Å². The summed E-state index contributed by atoms with van der Waals surface area (Å²) < 4.78 is 33.9. The molecule has 2 N–H and O–H groups in total. The first-order valence-corrected chi connectivity index (χ1v) is 20.1. The highest BCUT2D eigenvalue weighted by Crippen LogP contribution is 2.30. The summed E-state index contributed by atoms with van der Waals surface area (Å²) >= 11 is 1.59. The first-order valence-electron chi connectivity index (χ1n) is 17.7. The molecular weight excluding hydrogens is 725 g/mol. The lowest BCUT2D eigenvalue weighted by Crippen LogP contribution is -2.47. The molecule has 4 aromatic carbocycles. The van der Waals surface area contributed by atoms with Crippen LogP contribution in [0.2, 0.25) is 0 Å². The van der Waals surface area contributed by atoms with Crippen LogP contribution >= 0.6 is 11.8 Å². The largest absolute Gasteiger partial charge is 0.492 e. The van der Waals surface area contributed by atoms with E-state index in [-0.39, 0.29) is 22.2 Å². The van der Waals surface area contributed by atoms with E-state index in [4.69, 9.17) is 4.74 Å². The van der Waals surface area contributed by atoms with Crippen LogP contribution in [0.4, 0.5) is 17.1 Å². The Balaban J connectivity index is 1.01. The summed E-state index contributed by atoms with van der Waals surface area (Å²) in [7, 11) is -4.39. The van der Waals surface area contributed by atoms with Crippen molar-refractivity contribution in [2.24, 2.45) is 0 Å². The number of carbonyl (C=O) groups excluding carboxylic acids is 1. The smallest absolute Gasteiger partial charge is 0.293 e. The molecule has 280 valence electrons. The highest BCUT2D eigenvalue weighted by molar-refractivity contribution is 7.99. The van der Waals surface area contributed by atoms with Gasteiger partial charge in [-0.3, -0.25) is 24.8 Å². The zero-order valence-corrected chi connectivity index (χ0v) is 31.7. The van der Waals surface area contributed by atoms with Crippen LogP contribution in [0.25, 0.3) is 11.1 Å². The SMILES string of the molecule is CCOc1cncc(-c2ccc(C(C)N3CCN(c4ccc(C(=O)NS(=O)(=O)c5ccc(NCCSc6ccccc6)c([N+](=O)[O-])c5)cc4)CC3)cc2)c1. The monoisotopic (exact) mass is 766 g/mol. The van der Waals surface area contributed by atoms with Crippen LogP contribution in [-0.2, 0) is 10.0 Å². The quantitative estimate of drug-likeness (QED) is 0.0480. The molecule has 0 aliphatic carbocycles. The molecule has 1 saturated heterocycles. The van der Waals surface area contributed by atoms with Crippen molar-refractivity contribution in [2.45, 2.75) is 29.7 Å². The number of hydrogen-bond acceptors (Lipinski definition) is 11. The Morgan fingerprint density at radius 3 is 2.33 bits per heavy atom. The topological polar surface area (TPSA) is 147 Å². The van der Waals surface area contributed by atoms with E-state index in [1.54, 1.807) is 42.2 Å². The minimum atomic E-state index is -4.39. The first-order chi connectivity index (χ1) is 26.1. The van der Waals surface area contributed by atoms with Crippen molar-refractivity contribution in [3.63, 3.8) is 0 Å². The minimum Gasteiger partial charge on any atom is -0.492 e. The van der Waals surface area contributed by atoms with Crippen LogP contribution in [0.15, 0.2) is 125 Å². The second kappa shape index (κ2) is 17.6. The number of hydrogen-bond donors (Lipinski definition) is 2. The molecule has 0 radical (unpaired) electrons. The van der Waals surface area contributed by atoms with Gasteiger partial charge >= 0.3 is 0 Å². The van der Waals surface area contributed by atoms with Crippen LogP contribution in [-0.4, -0.2) is 74.2 Å². The maximum atomic E-state index is 13.1. The zero-order valence-electron chi connectivity index (χ0n) is 30.1. The Morgan fingerprint density at radius 2 is 1.65 bits per heavy atom. The summed E-state index contributed by atoms with van der Waals surface area (Å²) in [4.78, 5) is 33.9. The third-order valence-electron chi connectivity index (χ3n) is 9.24. The highest BCUT2D eigenvalue weighted by atomic mass is 32.2. The van der Waals surface area contributed by atoms with Gasteiger partial charge in [0, 0.05) is 78.5 Å². The maximum absolute atomic E-state index is 13.1. The number of piperazine rings is 1. The van der Waals surface area contributed by atoms with E-state index in [9.17, 15) is 23.3 Å². The van der Waals surface area contributed by atoms with Gasteiger partial charge in [0.1, 0.15) is 11.4 Å². The number of anilines is 2. The van der Waals surface area contributed by atoms with E-state index in [2.05, 4.69) is 56.0 Å². The number of nitro groups is 1. The summed E-state index contributed by atoms with van der Waals surface area (Å²) in [6.07, 6.45) is 3.55. The van der Waals surface area contributed by atoms with E-state index in [0.717, 1.165) is 59.7 Å². The molecule has 5 aromatic rings. The van der Waals surface area contributed by atoms with Crippen molar-refractivity contribution in [3.05, 3.63) is 137 Å². The molecule has 54 heavy (non-hydrogen) atoms. The molecule has 1 amide bonds. The molecule has 0 spiro atoms. The molecule has 14 heteroatoms. The van der Waals surface area contributed by atoms with Crippen LogP contribution in [0.1, 0.15) is 35.8 Å². The lowest BCUT2D eigenvalue weighted by molar-refractivity contribution is -0.384. The van der Waals surface area contributed by atoms with Gasteiger partial charge in [-0.1, -0.05) is 42.5 Å². The van der Waals surface area contributed by atoms with E-state index < -0.39 is 26.5 Å². The molecule has 0 saturated carbocycles. The number of nitro benzene ring substituents is 1. The molecule has 1 fully saturated rings. The first kappa shape index (κ1) is 38.3. The molecule has 1 aliphatic rings. The highest BCUT2D eigenvalue weighted by Gasteiger charge is 2.25. The molecule has 6 rings (SSSR count). The fourth-order valence-electron chi connectivity index (χ4n) is 6.27. The molecule has 12 nitrogen and oxygen atoms in total. The van der Waals surface area contributed by atoms with Crippen molar-refractivity contribution in [1.82, 2.24) is 14.6 Å². The van der Waals surface area contributed by atoms with Crippen molar-refractivity contribution in [1.29, 1.82) is 0 Å². The number of ether oxygens (including phenoxy) is 1. The predicted molar refractivity (Wildman–Crippen MR) is 213 cm³/mol. The molecule has 1 unspecified atom stereocenters. The Labute approximate surface area is 319 Å². The van der Waals surface area contributed by atoms with Crippen LogP contribution in [0.3, 0.4) is 0 Å². The van der Waals surface area contributed by atoms with Gasteiger partial charge in [0.25, 0.3) is 21.6 Å². The van der Waals surface area contributed by atoms with E-state index in [1.165, 1.54) is 17.7 Å². The summed E-state index contributed by atoms with van der Waals surface area (Å²) in [6, 6.07) is 30.8. The average molecular weight is 767 g/mol. The Morgan fingerprint density at radius 1 is 0.926 bits per heavy atom. The van der Waals surface area contributed by atoms with Crippen LogP contribution < -0.4 is 19.7 Å². The van der Waals surface area contributed by atoms with E-state index >= 15 is 0 Å².